The molecule has 1 aromatic heterocycles. The van der Waals surface area contributed by atoms with Crippen LogP contribution in [0.25, 0.3) is 5.70 Å². The van der Waals surface area contributed by atoms with E-state index in [0.29, 0.717) is 12.4 Å². The quantitative estimate of drug-likeness (QED) is 0.311. The Morgan fingerprint density at radius 1 is 1.17 bits per heavy atom. The number of rotatable bonds is 7. The maximum absolute atomic E-state index is 13.7. The lowest BCUT2D eigenvalue weighted by atomic mass is 10.0. The van der Waals surface area contributed by atoms with Crippen LogP contribution in [0.3, 0.4) is 0 Å². The molecule has 8 nitrogen and oxygen atoms in total. The fourth-order valence-corrected chi connectivity index (χ4v) is 5.18. The van der Waals surface area contributed by atoms with E-state index < -0.39 is 0 Å². The first-order valence-electron chi connectivity index (χ1n) is 12.6. The van der Waals surface area contributed by atoms with Gasteiger partial charge in [0, 0.05) is 32.7 Å². The number of quaternary nitrogens is 1. The average Bonchev–Trinajstić information content (AvgIpc) is 3.58. The van der Waals surface area contributed by atoms with Crippen LogP contribution in [0, 0.1) is 11.2 Å². The first-order chi connectivity index (χ1) is 17.6. The van der Waals surface area contributed by atoms with Gasteiger partial charge in [-0.1, -0.05) is 18.2 Å². The predicted molar refractivity (Wildman–Crippen MR) is 138 cm³/mol. The number of nitrogens with zero attached hydrogens (tertiary/aromatic N) is 4. The molecule has 3 aliphatic rings. The Balaban J connectivity index is 1.17. The zero-order valence-corrected chi connectivity index (χ0v) is 20.3. The number of carbonyl (C=O) groups excluding carboxylic acids is 1. The summed E-state index contributed by atoms with van der Waals surface area (Å²) in [7, 11) is 0. The second kappa shape index (κ2) is 11.0. The van der Waals surface area contributed by atoms with Crippen LogP contribution >= 0.6 is 0 Å². The highest BCUT2D eigenvalue weighted by Crippen LogP contribution is 2.32. The van der Waals surface area contributed by atoms with E-state index in [0.717, 1.165) is 74.6 Å². The van der Waals surface area contributed by atoms with Crippen molar-refractivity contribution >= 4 is 23.6 Å². The molecule has 2 atom stereocenters. The van der Waals surface area contributed by atoms with Gasteiger partial charge in [-0.05, 0) is 54.8 Å². The van der Waals surface area contributed by atoms with Crippen LogP contribution < -0.4 is 15.5 Å². The minimum atomic E-state index is -0.234. The summed E-state index contributed by atoms with van der Waals surface area (Å²) >= 11 is 0. The molecule has 2 saturated heterocycles. The smallest absolute Gasteiger partial charge is 0.183 e. The van der Waals surface area contributed by atoms with Crippen molar-refractivity contribution in [3.63, 3.8) is 0 Å². The third-order valence-corrected chi connectivity index (χ3v) is 7.11. The van der Waals surface area contributed by atoms with Crippen molar-refractivity contribution in [3.8, 4) is 0 Å². The maximum atomic E-state index is 13.7. The average molecular weight is 491 g/mol. The summed E-state index contributed by atoms with van der Waals surface area (Å²) in [6.07, 6.45) is 8.65. The molecular weight excluding hydrogens is 457 g/mol. The molecule has 2 fully saturated rings. The van der Waals surface area contributed by atoms with Crippen LogP contribution in [-0.2, 0) is 4.79 Å². The molecule has 0 aliphatic carbocycles. The van der Waals surface area contributed by atoms with Gasteiger partial charge in [-0.3, -0.25) is 15.6 Å². The predicted octanol–water partition coefficient (Wildman–Crippen LogP) is 1.70. The molecule has 9 heteroatoms. The fourth-order valence-electron chi connectivity index (χ4n) is 5.18. The van der Waals surface area contributed by atoms with Crippen LogP contribution in [0.1, 0.15) is 30.1 Å². The molecule has 2 aromatic rings. The van der Waals surface area contributed by atoms with Crippen molar-refractivity contribution in [2.45, 2.75) is 25.0 Å². The number of anilines is 1. The van der Waals surface area contributed by atoms with Gasteiger partial charge in [0.25, 0.3) is 0 Å². The summed E-state index contributed by atoms with van der Waals surface area (Å²) in [6.45, 7) is 4.71. The zero-order chi connectivity index (χ0) is 24.9. The van der Waals surface area contributed by atoms with E-state index in [1.54, 1.807) is 12.1 Å². The fraction of sp³-hybridized carbons (Fsp3) is 0.370. The normalized spacial score (nSPS) is 22.6. The summed E-state index contributed by atoms with van der Waals surface area (Å²) < 4.78 is 13.7. The topological polar surface area (TPSA) is 92.2 Å². The third kappa shape index (κ3) is 5.47. The maximum Gasteiger partial charge on any atom is 0.183 e. The molecule has 188 valence electrons. The lowest BCUT2D eigenvalue weighted by molar-refractivity contribution is -0.586. The number of nitrogens with two attached hydrogens (primary N) is 1. The third-order valence-electron chi connectivity index (χ3n) is 7.11. The largest absolute Gasteiger partial charge is 0.354 e. The molecule has 3 aliphatic heterocycles. The number of aromatic nitrogens is 1. The Morgan fingerprint density at radius 3 is 2.81 bits per heavy atom. The summed E-state index contributed by atoms with van der Waals surface area (Å²) in [4.78, 5) is 22.1. The van der Waals surface area contributed by atoms with Gasteiger partial charge in [-0.2, -0.15) is 0 Å². The number of nitrogens with one attached hydrogen (secondary N) is 2. The van der Waals surface area contributed by atoms with E-state index >= 15 is 0 Å². The van der Waals surface area contributed by atoms with Crippen LogP contribution in [-0.4, -0.2) is 72.3 Å². The Hall–Kier alpha value is -3.56. The van der Waals surface area contributed by atoms with E-state index in [2.05, 4.69) is 25.3 Å². The lowest BCUT2D eigenvalue weighted by Gasteiger charge is -2.34. The molecule has 0 spiro atoms. The second-order valence-corrected chi connectivity index (χ2v) is 9.44. The number of halogens is 1. The van der Waals surface area contributed by atoms with Crippen molar-refractivity contribution < 1.29 is 14.5 Å². The highest BCUT2D eigenvalue weighted by Gasteiger charge is 2.28. The van der Waals surface area contributed by atoms with Crippen LogP contribution in [0.4, 0.5) is 10.2 Å². The van der Waals surface area contributed by atoms with Gasteiger partial charge in [0.05, 0.1) is 18.8 Å². The van der Waals surface area contributed by atoms with Crippen molar-refractivity contribution in [2.75, 3.05) is 44.2 Å². The Kier molecular flexibility index (Phi) is 7.39. The molecule has 0 amide bonds. The minimum Gasteiger partial charge on any atom is -0.354 e. The summed E-state index contributed by atoms with van der Waals surface area (Å²) in [5.41, 5.74) is 2.86. The van der Waals surface area contributed by atoms with Gasteiger partial charge >= 0.3 is 0 Å². The SMILES string of the molecule is N=C(C=CC1NC=C(c2cccc(N3CCN(CC=O)CC3)n2)[NH2+]1)N1CCCC1c1cccc(F)c1. The minimum absolute atomic E-state index is 0.0204. The van der Waals surface area contributed by atoms with Gasteiger partial charge in [0.2, 0.25) is 0 Å². The van der Waals surface area contributed by atoms with Gasteiger partial charge in [0.1, 0.15) is 29.5 Å². The number of pyridine rings is 1. The number of carbonyl (C=O) groups is 1. The van der Waals surface area contributed by atoms with Crippen LogP contribution in [0.5, 0.6) is 0 Å². The van der Waals surface area contributed by atoms with Crippen LogP contribution in [0.15, 0.2) is 60.8 Å². The second-order valence-electron chi connectivity index (χ2n) is 9.44. The molecule has 4 heterocycles. The number of hydrogen-bond donors (Lipinski definition) is 3. The van der Waals surface area contributed by atoms with E-state index in [1.807, 2.05) is 42.6 Å². The van der Waals surface area contributed by atoms with E-state index in [9.17, 15) is 9.18 Å². The van der Waals surface area contributed by atoms with Crippen molar-refractivity contribution in [3.05, 3.63) is 77.9 Å². The summed E-state index contributed by atoms with van der Waals surface area (Å²) in [5.74, 6) is 1.16. The summed E-state index contributed by atoms with van der Waals surface area (Å²) in [6, 6.07) is 12.8. The molecule has 2 unspecified atom stereocenters. The van der Waals surface area contributed by atoms with Crippen molar-refractivity contribution in [2.24, 2.45) is 0 Å². The van der Waals surface area contributed by atoms with Crippen molar-refractivity contribution in [1.29, 1.82) is 5.41 Å². The van der Waals surface area contributed by atoms with Gasteiger partial charge in [-0.25, -0.2) is 9.37 Å². The Labute approximate surface area is 211 Å². The van der Waals surface area contributed by atoms with Gasteiger partial charge < -0.3 is 19.9 Å². The van der Waals surface area contributed by atoms with Gasteiger partial charge in [0.15, 0.2) is 11.9 Å². The first kappa shape index (κ1) is 24.1. The highest BCUT2D eigenvalue weighted by atomic mass is 19.1. The number of piperazine rings is 1. The number of benzene rings is 1. The molecule has 1 aromatic carbocycles. The standard InChI is InChI=1S/C27H32FN7O/c28-21-5-1-4-20(18-21)24-7-3-11-35(24)25(29)9-10-26-30-19-23(31-26)22-6-2-8-27(32-22)34-14-12-33(13-15-34)16-17-36/h1-2,4-6,8-10,17-19,24,26,29-31H,3,7,11-16H2/p+1. The highest BCUT2D eigenvalue weighted by molar-refractivity contribution is 5.90. The van der Waals surface area contributed by atoms with E-state index in [1.165, 1.54) is 6.07 Å². The lowest BCUT2D eigenvalue weighted by Crippen LogP contribution is -2.86. The van der Waals surface area contributed by atoms with Gasteiger partial charge in [-0.15, -0.1) is 0 Å². The number of likely N-dealkylation sites (tertiary alicyclic amines) is 1. The molecule has 0 bridgehead atoms. The van der Waals surface area contributed by atoms with E-state index in [4.69, 9.17) is 10.4 Å². The van der Waals surface area contributed by atoms with E-state index in [-0.39, 0.29) is 18.0 Å². The Bertz CT molecular complexity index is 1160. The number of hydrogen-bond acceptors (Lipinski definition) is 6. The molecule has 36 heavy (non-hydrogen) atoms. The molecule has 0 radical (unpaired) electrons. The molecule has 0 saturated carbocycles. The molecule has 4 N–H and O–H groups in total. The summed E-state index contributed by atoms with van der Waals surface area (Å²) in [5, 5.41) is 14.1. The molecule has 5 rings (SSSR count). The zero-order valence-electron chi connectivity index (χ0n) is 20.3. The van der Waals surface area contributed by atoms with Crippen LogP contribution in [0.2, 0.25) is 0 Å². The van der Waals surface area contributed by atoms with Crippen molar-refractivity contribution in [1.82, 2.24) is 20.1 Å². The monoisotopic (exact) mass is 490 g/mol. The Morgan fingerprint density at radius 2 is 2.00 bits per heavy atom. The number of amidine groups is 1. The first-order valence-corrected chi connectivity index (χ1v) is 12.6. The number of aldehydes is 1. The molecular formula is C27H33FN7O+.